The molecular weight excluding hydrogens is 473 g/mol. The van der Waals surface area contributed by atoms with Crippen LogP contribution in [0.4, 0.5) is 0 Å². The summed E-state index contributed by atoms with van der Waals surface area (Å²) in [6.07, 6.45) is 0.965. The second-order valence-corrected chi connectivity index (χ2v) is 8.14. The lowest BCUT2D eigenvalue weighted by Gasteiger charge is -2.21. The first-order valence-electron chi connectivity index (χ1n) is 9.38. The third kappa shape index (κ3) is 4.39. The van der Waals surface area contributed by atoms with Crippen molar-refractivity contribution in [1.82, 2.24) is 14.8 Å². The zero-order valence-corrected chi connectivity index (χ0v) is 18.5. The summed E-state index contributed by atoms with van der Waals surface area (Å²) in [5.74, 6) is -1.02. The van der Waals surface area contributed by atoms with Gasteiger partial charge < -0.3 is 0 Å². The van der Waals surface area contributed by atoms with Crippen LogP contribution in [0.3, 0.4) is 0 Å². The number of carbonyl (C=O) groups is 1. The summed E-state index contributed by atoms with van der Waals surface area (Å²) in [7, 11) is 0. The number of nitrogens with zero attached hydrogens (tertiary/aromatic N) is 2. The molecule has 4 aromatic rings. The highest BCUT2D eigenvalue weighted by Crippen LogP contribution is 2.39. The van der Waals surface area contributed by atoms with Crippen LogP contribution in [0.2, 0.25) is 15.1 Å². The molecule has 0 bridgehead atoms. The first kappa shape index (κ1) is 22.0. The van der Waals surface area contributed by atoms with E-state index in [1.807, 2.05) is 6.07 Å². The van der Waals surface area contributed by atoms with Gasteiger partial charge in [0.05, 0.1) is 11.6 Å². The number of hydrogen-bond donors (Lipinski definition) is 1. The summed E-state index contributed by atoms with van der Waals surface area (Å²) >= 11 is 19.2. The zero-order chi connectivity index (χ0) is 22.8. The van der Waals surface area contributed by atoms with Crippen LogP contribution >= 0.6 is 34.8 Å². The van der Waals surface area contributed by atoms with Gasteiger partial charge in [0, 0.05) is 26.2 Å². The second kappa shape index (κ2) is 9.12. The number of carbonyl (C=O) groups excluding carboxylic acids is 1. The molecule has 160 valence electrons. The number of aromatic amines is 1. The van der Waals surface area contributed by atoms with Crippen LogP contribution in [-0.4, -0.2) is 20.5 Å². The predicted octanol–water partition coefficient (Wildman–Crippen LogP) is 4.90. The van der Waals surface area contributed by atoms with Gasteiger partial charge in [0.1, 0.15) is 6.20 Å². The summed E-state index contributed by atoms with van der Waals surface area (Å²) in [5.41, 5.74) is 0.391. The summed E-state index contributed by atoms with van der Waals surface area (Å²) in [6.45, 7) is 0. The Morgan fingerprint density at radius 1 is 0.906 bits per heavy atom. The molecule has 1 aromatic heterocycles. The maximum absolute atomic E-state index is 13.5. The number of ketones is 1. The molecule has 4 rings (SSSR count). The fraction of sp³-hybridized carbons (Fsp3) is 0.0435. The maximum atomic E-state index is 13.5. The van der Waals surface area contributed by atoms with Crippen LogP contribution in [0.15, 0.2) is 82.5 Å². The van der Waals surface area contributed by atoms with Crippen molar-refractivity contribution in [2.45, 2.75) is 5.92 Å². The van der Waals surface area contributed by atoms with E-state index in [-0.39, 0.29) is 21.5 Å². The minimum absolute atomic E-state index is 0.164. The lowest BCUT2D eigenvalue weighted by Crippen LogP contribution is -2.30. The molecule has 0 fully saturated rings. The molecule has 1 N–H and O–H groups in total. The molecule has 6 nitrogen and oxygen atoms in total. The van der Waals surface area contributed by atoms with E-state index in [4.69, 9.17) is 34.8 Å². The van der Waals surface area contributed by atoms with E-state index >= 15 is 0 Å². The third-order valence-electron chi connectivity index (χ3n) is 4.83. The van der Waals surface area contributed by atoms with Crippen molar-refractivity contribution >= 4 is 40.6 Å². The standard InChI is InChI=1S/C23H14Cl3N3O3/c24-15-8-6-13(7-9-15)20(22(31)14-4-2-1-3-5-14)21-17(25)10-16(11-18(21)26)29-23(32)28-19(30)12-27-29/h1-12,20H,(H,28,30,32). The molecule has 9 heteroatoms. The highest BCUT2D eigenvalue weighted by atomic mass is 35.5. The van der Waals surface area contributed by atoms with Gasteiger partial charge in [0.25, 0.3) is 5.56 Å². The van der Waals surface area contributed by atoms with Crippen molar-refractivity contribution in [3.8, 4) is 5.69 Å². The average Bonchev–Trinajstić information content (AvgIpc) is 2.77. The Bertz CT molecular complexity index is 1390. The number of halogens is 3. The van der Waals surface area contributed by atoms with E-state index in [0.29, 0.717) is 21.7 Å². The number of Topliss-reactive ketones (excluding diaryl/α,β-unsaturated/α-hetero) is 1. The molecule has 0 aliphatic heterocycles. The Balaban J connectivity index is 1.89. The number of benzene rings is 3. The smallest absolute Gasteiger partial charge is 0.293 e. The molecule has 1 unspecified atom stereocenters. The topological polar surface area (TPSA) is 84.8 Å². The Morgan fingerprint density at radius 3 is 2.12 bits per heavy atom. The first-order chi connectivity index (χ1) is 15.3. The summed E-state index contributed by atoms with van der Waals surface area (Å²) in [4.78, 5) is 39.1. The van der Waals surface area contributed by atoms with Gasteiger partial charge in [-0.15, -0.1) is 0 Å². The Morgan fingerprint density at radius 2 is 1.53 bits per heavy atom. The van der Waals surface area contributed by atoms with Crippen molar-refractivity contribution in [1.29, 1.82) is 0 Å². The molecule has 1 atom stereocenters. The highest BCUT2D eigenvalue weighted by molar-refractivity contribution is 6.37. The molecule has 0 amide bonds. The lowest BCUT2D eigenvalue weighted by molar-refractivity contribution is 0.0974. The van der Waals surface area contributed by atoms with Gasteiger partial charge in [-0.1, -0.05) is 77.3 Å². The normalized spacial score (nSPS) is 11.8. The summed E-state index contributed by atoms with van der Waals surface area (Å²) in [5, 5.41) is 4.67. The molecule has 0 spiro atoms. The van der Waals surface area contributed by atoms with Crippen molar-refractivity contribution in [2.75, 3.05) is 0 Å². The van der Waals surface area contributed by atoms with Crippen LogP contribution in [0.25, 0.3) is 5.69 Å². The second-order valence-electron chi connectivity index (χ2n) is 6.89. The number of hydrogen-bond acceptors (Lipinski definition) is 4. The zero-order valence-electron chi connectivity index (χ0n) is 16.3. The minimum atomic E-state index is -0.816. The number of H-pyrrole nitrogens is 1. The lowest BCUT2D eigenvalue weighted by atomic mass is 9.84. The van der Waals surface area contributed by atoms with Crippen molar-refractivity contribution in [3.05, 3.63) is 126 Å². The molecular formula is C23H14Cl3N3O3. The predicted molar refractivity (Wildman–Crippen MR) is 125 cm³/mol. The fourth-order valence-corrected chi connectivity index (χ4v) is 4.20. The average molecular weight is 487 g/mol. The Labute approximate surface area is 197 Å². The fourth-order valence-electron chi connectivity index (χ4n) is 3.38. The van der Waals surface area contributed by atoms with E-state index in [2.05, 4.69) is 10.1 Å². The van der Waals surface area contributed by atoms with Crippen LogP contribution in [-0.2, 0) is 0 Å². The molecule has 0 aliphatic carbocycles. The Hall–Kier alpha value is -3.19. The number of nitrogens with one attached hydrogen (secondary N) is 1. The van der Waals surface area contributed by atoms with Gasteiger partial charge >= 0.3 is 5.69 Å². The van der Waals surface area contributed by atoms with Crippen LogP contribution in [0, 0.1) is 0 Å². The van der Waals surface area contributed by atoms with Crippen molar-refractivity contribution < 1.29 is 4.79 Å². The highest BCUT2D eigenvalue weighted by Gasteiger charge is 2.29. The molecule has 0 saturated carbocycles. The van der Waals surface area contributed by atoms with Gasteiger partial charge in [-0.25, -0.2) is 4.79 Å². The van der Waals surface area contributed by atoms with Gasteiger partial charge in [-0.2, -0.15) is 9.78 Å². The number of aromatic nitrogens is 3. The van der Waals surface area contributed by atoms with E-state index in [0.717, 1.165) is 10.9 Å². The van der Waals surface area contributed by atoms with E-state index in [1.165, 1.54) is 12.1 Å². The summed E-state index contributed by atoms with van der Waals surface area (Å²) in [6, 6.07) is 18.6. The third-order valence-corrected chi connectivity index (χ3v) is 5.71. The minimum Gasteiger partial charge on any atom is -0.293 e. The van der Waals surface area contributed by atoms with Crippen LogP contribution < -0.4 is 11.2 Å². The largest absolute Gasteiger partial charge is 0.349 e. The number of rotatable bonds is 5. The SMILES string of the molecule is O=C(c1ccccc1)C(c1ccc(Cl)cc1)c1c(Cl)cc(-n2ncc(=O)[nH]c2=O)cc1Cl. The molecule has 1 heterocycles. The first-order valence-corrected chi connectivity index (χ1v) is 10.5. The molecule has 0 aliphatic rings. The van der Waals surface area contributed by atoms with Crippen LogP contribution in [0.1, 0.15) is 27.4 Å². The molecule has 0 radical (unpaired) electrons. The maximum Gasteiger partial charge on any atom is 0.349 e. The Kier molecular flexibility index (Phi) is 6.28. The van der Waals surface area contributed by atoms with Crippen molar-refractivity contribution in [2.24, 2.45) is 0 Å². The van der Waals surface area contributed by atoms with E-state index < -0.39 is 17.2 Å². The van der Waals surface area contributed by atoms with Gasteiger partial charge in [0.2, 0.25) is 0 Å². The van der Waals surface area contributed by atoms with E-state index in [9.17, 15) is 14.4 Å². The van der Waals surface area contributed by atoms with Crippen molar-refractivity contribution in [3.63, 3.8) is 0 Å². The van der Waals surface area contributed by atoms with Gasteiger partial charge in [-0.05, 0) is 29.8 Å². The molecule has 0 saturated heterocycles. The molecule has 32 heavy (non-hydrogen) atoms. The van der Waals surface area contributed by atoms with Gasteiger partial charge in [-0.3, -0.25) is 14.6 Å². The summed E-state index contributed by atoms with van der Waals surface area (Å²) < 4.78 is 0.958. The van der Waals surface area contributed by atoms with Gasteiger partial charge in [0.15, 0.2) is 5.78 Å². The van der Waals surface area contributed by atoms with E-state index in [1.54, 1.807) is 48.5 Å². The monoisotopic (exact) mass is 485 g/mol. The molecule has 3 aromatic carbocycles. The quantitative estimate of drug-likeness (QED) is 0.407. The van der Waals surface area contributed by atoms with Crippen LogP contribution in [0.5, 0.6) is 0 Å².